The highest BCUT2D eigenvalue weighted by molar-refractivity contribution is 7.14. The monoisotopic (exact) mass is 446 g/mol. The Bertz CT molecular complexity index is 1220. The van der Waals surface area contributed by atoms with E-state index in [0.717, 1.165) is 0 Å². The summed E-state index contributed by atoms with van der Waals surface area (Å²) in [5, 5.41) is 4.29. The Morgan fingerprint density at radius 3 is 1.25 bits per heavy atom. The van der Waals surface area contributed by atoms with E-state index in [9.17, 15) is 0 Å². The van der Waals surface area contributed by atoms with E-state index in [0.29, 0.717) is 0 Å². The molecule has 3 aromatic carbocycles. The molecule has 5 aromatic rings. The van der Waals surface area contributed by atoms with Gasteiger partial charge in [-0.3, -0.25) is 0 Å². The molecule has 0 spiro atoms. The molecule has 0 saturated heterocycles. The zero-order chi connectivity index (χ0) is 21.6. The van der Waals surface area contributed by atoms with Crippen LogP contribution in [-0.2, 0) is 0 Å². The van der Waals surface area contributed by atoms with E-state index in [1.807, 2.05) is 0 Å². The highest BCUT2D eigenvalue weighted by Crippen LogP contribution is 2.37. The summed E-state index contributed by atoms with van der Waals surface area (Å²) < 4.78 is 0. The van der Waals surface area contributed by atoms with Crippen LogP contribution in [0.3, 0.4) is 0 Å². The van der Waals surface area contributed by atoms with E-state index in [-0.39, 0.29) is 0 Å². The third-order valence-electron chi connectivity index (χ3n) is 5.30. The van der Waals surface area contributed by atoms with Crippen molar-refractivity contribution in [2.45, 2.75) is 0 Å². The van der Waals surface area contributed by atoms with E-state index in [4.69, 9.17) is 0 Å². The van der Waals surface area contributed by atoms with Crippen LogP contribution in [-0.4, -0.2) is 0 Å². The molecule has 0 radical (unpaired) electrons. The lowest BCUT2D eigenvalue weighted by molar-refractivity contribution is 1.60. The van der Waals surface area contributed by atoms with Gasteiger partial charge in [0.05, 0.1) is 0 Å². The van der Waals surface area contributed by atoms with Gasteiger partial charge in [-0.15, -0.1) is 22.7 Å². The molecule has 0 N–H and O–H groups in total. The fourth-order valence-corrected chi connectivity index (χ4v) is 5.23. The maximum atomic E-state index is 2.34. The van der Waals surface area contributed by atoms with Crippen molar-refractivity contribution in [1.82, 2.24) is 0 Å². The summed E-state index contributed by atoms with van der Waals surface area (Å²) in [4.78, 5) is 2.56. The Morgan fingerprint density at radius 1 is 0.438 bits per heavy atom. The fourth-order valence-electron chi connectivity index (χ4n) is 3.70. The number of rotatable bonds is 6. The molecular formula is C30H22S2. The smallest absolute Gasteiger partial charge is 0.0348 e. The van der Waals surface area contributed by atoms with Gasteiger partial charge in [-0.05, 0) is 68.4 Å². The fraction of sp³-hybridized carbons (Fsp3) is 0. The normalized spacial score (nSPS) is 11.5. The molecule has 0 unspecified atom stereocenters. The molecule has 0 aliphatic rings. The van der Waals surface area contributed by atoms with Crippen LogP contribution < -0.4 is 0 Å². The van der Waals surface area contributed by atoms with Crippen molar-refractivity contribution in [2.24, 2.45) is 0 Å². The van der Waals surface area contributed by atoms with Crippen LogP contribution in [0, 0.1) is 0 Å². The van der Waals surface area contributed by atoms with Crippen molar-refractivity contribution < 1.29 is 0 Å². The van der Waals surface area contributed by atoms with Crippen molar-refractivity contribution in [3.63, 3.8) is 0 Å². The van der Waals surface area contributed by atoms with Gasteiger partial charge in [0, 0.05) is 9.75 Å². The third kappa shape index (κ3) is 4.72. The molecule has 2 heteroatoms. The molecular weight excluding hydrogens is 424 g/mol. The van der Waals surface area contributed by atoms with Crippen molar-refractivity contribution >= 4 is 47.0 Å². The predicted molar refractivity (Wildman–Crippen MR) is 144 cm³/mol. The average molecular weight is 447 g/mol. The highest BCUT2D eigenvalue weighted by atomic mass is 32.1. The summed E-state index contributed by atoms with van der Waals surface area (Å²) in [5.41, 5.74) is 7.40. The lowest BCUT2D eigenvalue weighted by Gasteiger charge is -2.12. The van der Waals surface area contributed by atoms with Crippen molar-refractivity contribution in [2.75, 3.05) is 0 Å². The molecule has 154 valence electrons. The second kappa shape index (κ2) is 9.78. The first kappa shape index (κ1) is 20.4. The summed E-state index contributed by atoms with van der Waals surface area (Å²) in [6.07, 6.45) is 8.88. The predicted octanol–water partition coefficient (Wildman–Crippen LogP) is 9.48. The van der Waals surface area contributed by atoms with E-state index >= 15 is 0 Å². The quantitative estimate of drug-likeness (QED) is 0.228. The molecule has 32 heavy (non-hydrogen) atoms. The molecule has 0 amide bonds. The van der Waals surface area contributed by atoms with Gasteiger partial charge >= 0.3 is 0 Å². The molecule has 0 bridgehead atoms. The largest absolute Gasteiger partial charge is 0.144 e. The summed E-state index contributed by atoms with van der Waals surface area (Å²) in [7, 11) is 0. The van der Waals surface area contributed by atoms with Gasteiger partial charge in [0.1, 0.15) is 0 Å². The van der Waals surface area contributed by atoms with E-state index in [1.54, 1.807) is 22.7 Å². The lowest BCUT2D eigenvalue weighted by atomic mass is 9.95. The lowest BCUT2D eigenvalue weighted by Crippen LogP contribution is -1.88. The Kier molecular flexibility index (Phi) is 6.25. The Hall–Kier alpha value is -3.46. The third-order valence-corrected chi connectivity index (χ3v) is 7.11. The van der Waals surface area contributed by atoms with Crippen LogP contribution in [0.25, 0.3) is 45.2 Å². The van der Waals surface area contributed by atoms with Crippen molar-refractivity contribution in [3.8, 4) is 20.9 Å². The van der Waals surface area contributed by atoms with Crippen LogP contribution in [0.1, 0.15) is 22.3 Å². The van der Waals surface area contributed by atoms with Crippen LogP contribution in [0.4, 0.5) is 0 Å². The second-order valence-electron chi connectivity index (χ2n) is 7.47. The van der Waals surface area contributed by atoms with Crippen molar-refractivity contribution in [3.05, 3.63) is 130 Å². The first-order valence-electron chi connectivity index (χ1n) is 10.6. The van der Waals surface area contributed by atoms with Gasteiger partial charge in [-0.25, -0.2) is 0 Å². The zero-order valence-corrected chi connectivity index (χ0v) is 19.2. The van der Waals surface area contributed by atoms with Gasteiger partial charge in [-0.2, -0.15) is 0 Å². The topological polar surface area (TPSA) is 0 Å². The summed E-state index contributed by atoms with van der Waals surface area (Å²) in [6.45, 7) is 0. The zero-order valence-electron chi connectivity index (χ0n) is 17.5. The standard InChI is InChI=1S/C30H22S2/c1-3-9-23(10-4-1)15-17-25-21-28(30-14-8-20-32-30)26(18-16-24-11-5-2-6-12-24)22-27(25)29-13-7-19-31-29/h1-22H. The molecule has 0 nitrogen and oxygen atoms in total. The minimum atomic E-state index is 1.20. The average Bonchev–Trinajstić information content (AvgIpc) is 3.57. The molecule has 0 aliphatic heterocycles. The van der Waals surface area contributed by atoms with Gasteiger partial charge in [0.25, 0.3) is 0 Å². The Labute approximate surface area is 197 Å². The molecule has 2 aromatic heterocycles. The van der Waals surface area contributed by atoms with E-state index in [1.165, 1.54) is 43.1 Å². The van der Waals surface area contributed by atoms with E-state index in [2.05, 4.69) is 132 Å². The first-order chi connectivity index (χ1) is 15.9. The number of hydrogen-bond acceptors (Lipinski definition) is 2. The molecule has 0 saturated carbocycles. The number of hydrogen-bond donors (Lipinski definition) is 0. The number of thiophene rings is 2. The van der Waals surface area contributed by atoms with Crippen LogP contribution in [0.5, 0.6) is 0 Å². The van der Waals surface area contributed by atoms with Gasteiger partial charge < -0.3 is 0 Å². The summed E-state index contributed by atoms with van der Waals surface area (Å²) in [6, 6.07) is 34.3. The van der Waals surface area contributed by atoms with Gasteiger partial charge in [-0.1, -0.05) is 97.1 Å². The summed E-state index contributed by atoms with van der Waals surface area (Å²) >= 11 is 3.57. The molecule has 0 atom stereocenters. The van der Waals surface area contributed by atoms with Gasteiger partial charge in [0.2, 0.25) is 0 Å². The van der Waals surface area contributed by atoms with Crippen molar-refractivity contribution in [1.29, 1.82) is 0 Å². The van der Waals surface area contributed by atoms with Crippen LogP contribution in [0.15, 0.2) is 108 Å². The van der Waals surface area contributed by atoms with Crippen LogP contribution >= 0.6 is 22.7 Å². The molecule has 0 fully saturated rings. The molecule has 0 aliphatic carbocycles. The first-order valence-corrected chi connectivity index (χ1v) is 12.3. The highest BCUT2D eigenvalue weighted by Gasteiger charge is 2.12. The second-order valence-corrected chi connectivity index (χ2v) is 9.36. The minimum Gasteiger partial charge on any atom is -0.144 e. The Morgan fingerprint density at radius 2 is 0.875 bits per heavy atom. The van der Waals surface area contributed by atoms with Crippen LogP contribution in [0.2, 0.25) is 0 Å². The molecule has 2 heterocycles. The maximum Gasteiger partial charge on any atom is 0.0348 e. The molecule has 5 rings (SSSR count). The maximum absolute atomic E-state index is 2.34. The summed E-state index contributed by atoms with van der Waals surface area (Å²) in [5.74, 6) is 0. The number of benzene rings is 3. The van der Waals surface area contributed by atoms with Gasteiger partial charge in [0.15, 0.2) is 0 Å². The minimum absolute atomic E-state index is 1.20. The Balaban J connectivity index is 1.65. The SMILES string of the molecule is C(=Cc1cc(-c2cccs2)c(C=Cc2ccccc2)cc1-c1cccs1)c1ccccc1. The van der Waals surface area contributed by atoms with E-state index < -0.39 is 0 Å².